The first-order valence-electron chi connectivity index (χ1n) is 12.1. The highest BCUT2D eigenvalue weighted by Gasteiger charge is 2.26. The SMILES string of the molecule is C[N+](C)(CCC[N+](C)(C)CC(=O)c1ccc2c(c1)OCCO2)CC(=O)c1ccc2c(c1)OCCO2.[Br-].[Br-]. The average Bonchev–Trinajstić information content (AvgIpc) is 2.82. The lowest BCUT2D eigenvalue weighted by Gasteiger charge is -2.33. The lowest BCUT2D eigenvalue weighted by atomic mass is 10.1. The van der Waals surface area contributed by atoms with Crippen LogP contribution in [-0.2, 0) is 0 Å². The van der Waals surface area contributed by atoms with Gasteiger partial charge in [-0.25, -0.2) is 0 Å². The molecule has 0 radical (unpaired) electrons. The Morgan fingerprint density at radius 3 is 1.35 bits per heavy atom. The number of ketones is 2. The number of rotatable bonds is 10. The first-order valence-corrected chi connectivity index (χ1v) is 12.1. The molecule has 8 nitrogen and oxygen atoms in total. The Balaban J connectivity index is 0.00000241. The second-order valence-corrected chi connectivity index (χ2v) is 10.6. The fourth-order valence-electron chi connectivity index (χ4n) is 4.48. The maximum absolute atomic E-state index is 12.9. The highest BCUT2D eigenvalue weighted by molar-refractivity contribution is 5.98. The van der Waals surface area contributed by atoms with Crippen molar-refractivity contribution in [2.45, 2.75) is 6.42 Å². The van der Waals surface area contributed by atoms with Gasteiger partial charge in [-0.2, -0.15) is 0 Å². The first-order chi connectivity index (χ1) is 16.6. The molecule has 0 saturated heterocycles. The predicted molar refractivity (Wildman–Crippen MR) is 132 cm³/mol. The molecule has 2 aliphatic heterocycles. The van der Waals surface area contributed by atoms with Crippen LogP contribution in [0.25, 0.3) is 0 Å². The summed E-state index contributed by atoms with van der Waals surface area (Å²) in [7, 11) is 8.26. The van der Waals surface area contributed by atoms with Gasteiger partial charge in [-0.1, -0.05) is 0 Å². The zero-order valence-electron chi connectivity index (χ0n) is 21.9. The highest BCUT2D eigenvalue weighted by Crippen LogP contribution is 2.32. The monoisotopic (exact) mass is 642 g/mol. The van der Waals surface area contributed by atoms with Crippen LogP contribution in [-0.4, -0.2) is 101 Å². The van der Waals surface area contributed by atoms with E-state index in [1.54, 1.807) is 36.4 Å². The number of Topliss-reactive ketones (excluding diaryl/α,β-unsaturated/α-hetero) is 2. The zero-order chi connectivity index (χ0) is 25.1. The molecule has 2 aromatic rings. The van der Waals surface area contributed by atoms with E-state index in [2.05, 4.69) is 28.2 Å². The van der Waals surface area contributed by atoms with Crippen molar-refractivity contribution in [3.8, 4) is 23.0 Å². The topological polar surface area (TPSA) is 71.1 Å². The molecule has 0 fully saturated rings. The van der Waals surface area contributed by atoms with Crippen molar-refractivity contribution < 1.29 is 71.5 Å². The van der Waals surface area contributed by atoms with Crippen LogP contribution in [0.3, 0.4) is 0 Å². The maximum Gasteiger partial charge on any atom is 0.217 e. The van der Waals surface area contributed by atoms with Crippen molar-refractivity contribution in [3.63, 3.8) is 0 Å². The molecule has 0 N–H and O–H groups in total. The Morgan fingerprint density at radius 2 is 0.973 bits per heavy atom. The van der Waals surface area contributed by atoms with E-state index in [0.29, 0.717) is 82.6 Å². The predicted octanol–water partition coefficient (Wildman–Crippen LogP) is -3.15. The molecule has 0 unspecified atom stereocenters. The summed E-state index contributed by atoms with van der Waals surface area (Å²) >= 11 is 0. The summed E-state index contributed by atoms with van der Waals surface area (Å²) in [6, 6.07) is 10.8. The maximum atomic E-state index is 12.9. The lowest BCUT2D eigenvalue weighted by Crippen LogP contribution is -3.00. The Hall–Kier alpha value is -2.14. The number of nitrogens with zero attached hydrogens (tertiary/aromatic N) is 2. The molecule has 2 heterocycles. The van der Waals surface area contributed by atoms with Gasteiger partial charge in [0.05, 0.1) is 41.3 Å². The van der Waals surface area contributed by atoms with Crippen LogP contribution >= 0.6 is 0 Å². The summed E-state index contributed by atoms with van der Waals surface area (Å²) < 4.78 is 23.5. The van der Waals surface area contributed by atoms with Crippen LogP contribution in [0.15, 0.2) is 36.4 Å². The van der Waals surface area contributed by atoms with Crippen molar-refractivity contribution in [1.29, 1.82) is 0 Å². The molecule has 0 bridgehead atoms. The Labute approximate surface area is 240 Å². The molecular weight excluding hydrogens is 608 g/mol. The molecule has 10 heteroatoms. The van der Waals surface area contributed by atoms with Gasteiger partial charge in [-0.3, -0.25) is 9.59 Å². The van der Waals surface area contributed by atoms with E-state index < -0.39 is 0 Å². The van der Waals surface area contributed by atoms with Crippen LogP contribution in [0.2, 0.25) is 0 Å². The summed E-state index contributed by atoms with van der Waals surface area (Å²) in [6.45, 7) is 4.50. The van der Waals surface area contributed by atoms with Crippen LogP contribution in [0.4, 0.5) is 0 Å². The quantitative estimate of drug-likeness (QED) is 0.201. The second kappa shape index (κ2) is 13.1. The second-order valence-electron chi connectivity index (χ2n) is 10.6. The minimum absolute atomic E-state index is 0. The molecule has 37 heavy (non-hydrogen) atoms. The minimum Gasteiger partial charge on any atom is -1.00 e. The van der Waals surface area contributed by atoms with Gasteiger partial charge in [0.15, 0.2) is 23.0 Å². The Bertz CT molecular complexity index is 1020. The number of benzene rings is 2. The Morgan fingerprint density at radius 1 is 0.622 bits per heavy atom. The van der Waals surface area contributed by atoms with Gasteiger partial charge in [0.1, 0.15) is 39.5 Å². The lowest BCUT2D eigenvalue weighted by molar-refractivity contribution is -0.901. The molecule has 0 atom stereocenters. The van der Waals surface area contributed by atoms with Gasteiger partial charge in [0.25, 0.3) is 0 Å². The Kier molecular flexibility index (Phi) is 11.0. The minimum atomic E-state index is 0. The molecule has 0 spiro atoms. The van der Waals surface area contributed by atoms with E-state index in [1.807, 2.05) is 0 Å². The van der Waals surface area contributed by atoms with Crippen LogP contribution in [0.1, 0.15) is 27.1 Å². The number of carbonyl (C=O) groups excluding carboxylic acids is 2. The van der Waals surface area contributed by atoms with Crippen molar-refractivity contribution >= 4 is 11.6 Å². The molecule has 2 aromatic carbocycles. The van der Waals surface area contributed by atoms with Crippen LogP contribution < -0.4 is 52.9 Å². The standard InChI is InChI=1S/C27H36N2O6.2BrH/c1-28(2,18-22(30)20-6-8-24-26(16-20)34-14-12-32-24)10-5-11-29(3,4)19-23(31)21-7-9-25-27(17-21)35-15-13-33-25;;/h6-9,16-17H,5,10-15,18-19H2,1-4H3;2*1H/q+2;;/p-2. The number of ether oxygens (including phenoxy) is 4. The molecule has 0 saturated carbocycles. The van der Waals surface area contributed by atoms with Gasteiger partial charge < -0.3 is 61.9 Å². The number of quaternary nitrogens is 2. The molecule has 2 aliphatic rings. The number of carbonyl (C=O) groups is 2. The van der Waals surface area contributed by atoms with E-state index >= 15 is 0 Å². The van der Waals surface area contributed by atoms with Gasteiger partial charge in [-0.15, -0.1) is 0 Å². The van der Waals surface area contributed by atoms with Gasteiger partial charge in [-0.05, 0) is 36.4 Å². The molecule has 0 aromatic heterocycles. The number of fused-ring (bicyclic) bond motifs is 2. The van der Waals surface area contributed by atoms with E-state index in [4.69, 9.17) is 18.9 Å². The molecule has 4 rings (SSSR count). The fourth-order valence-corrected chi connectivity index (χ4v) is 4.48. The van der Waals surface area contributed by atoms with Crippen LogP contribution in [0.5, 0.6) is 23.0 Å². The third-order valence-electron chi connectivity index (χ3n) is 6.40. The third-order valence-corrected chi connectivity index (χ3v) is 6.40. The molecule has 0 aliphatic carbocycles. The summed E-state index contributed by atoms with van der Waals surface area (Å²) in [5.41, 5.74) is 1.28. The summed E-state index contributed by atoms with van der Waals surface area (Å²) in [4.78, 5) is 25.9. The van der Waals surface area contributed by atoms with Crippen LogP contribution in [0, 0.1) is 0 Å². The summed E-state index contributed by atoms with van der Waals surface area (Å²) in [6.07, 6.45) is 0.892. The average molecular weight is 644 g/mol. The molecular formula is C27H36Br2N2O6. The van der Waals surface area contributed by atoms with Gasteiger partial charge >= 0.3 is 0 Å². The molecule has 204 valence electrons. The largest absolute Gasteiger partial charge is 1.00 e. The normalized spacial score (nSPS) is 14.2. The van der Waals surface area contributed by atoms with Crippen molar-refractivity contribution in [1.82, 2.24) is 0 Å². The van der Waals surface area contributed by atoms with Gasteiger partial charge in [0.2, 0.25) is 11.6 Å². The van der Waals surface area contributed by atoms with E-state index in [-0.39, 0.29) is 45.5 Å². The van der Waals surface area contributed by atoms with E-state index in [1.165, 1.54) is 0 Å². The third kappa shape index (κ3) is 8.43. The van der Waals surface area contributed by atoms with Crippen molar-refractivity contribution in [2.24, 2.45) is 0 Å². The van der Waals surface area contributed by atoms with Crippen molar-refractivity contribution in [3.05, 3.63) is 47.5 Å². The number of halogens is 2. The smallest absolute Gasteiger partial charge is 0.217 e. The zero-order valence-corrected chi connectivity index (χ0v) is 25.1. The highest BCUT2D eigenvalue weighted by atomic mass is 79.9. The summed E-state index contributed by atoms with van der Waals surface area (Å²) in [5, 5.41) is 0. The number of likely N-dealkylation sites (N-methyl/N-ethyl adjacent to an activating group) is 2. The van der Waals surface area contributed by atoms with Gasteiger partial charge in [0, 0.05) is 17.5 Å². The fraction of sp³-hybridized carbons (Fsp3) is 0.481. The first kappa shape index (κ1) is 31.1. The summed E-state index contributed by atoms with van der Waals surface area (Å²) in [5.74, 6) is 2.80. The van der Waals surface area contributed by atoms with E-state index in [0.717, 1.165) is 19.5 Å². The van der Waals surface area contributed by atoms with Crippen molar-refractivity contribution in [2.75, 3.05) is 80.8 Å². The molecule has 0 amide bonds. The van der Waals surface area contributed by atoms with E-state index in [9.17, 15) is 9.59 Å². The number of hydrogen-bond acceptors (Lipinski definition) is 6. The number of hydrogen-bond donors (Lipinski definition) is 0.